The second-order valence-corrected chi connectivity index (χ2v) is 4.51. The van der Waals surface area contributed by atoms with Gasteiger partial charge in [0.2, 0.25) is 0 Å². The van der Waals surface area contributed by atoms with Crippen LogP contribution >= 0.6 is 0 Å². The minimum absolute atomic E-state index is 0.0560. The Balaban J connectivity index is 2.14. The number of hydrogen-bond donors (Lipinski definition) is 1. The van der Waals surface area contributed by atoms with E-state index in [0.717, 1.165) is 5.69 Å². The fraction of sp³-hybridized carbons (Fsp3) is 0.200. The number of rotatable bonds is 5. The number of hydrogen-bond acceptors (Lipinski definition) is 2. The molecule has 0 radical (unpaired) electrons. The van der Waals surface area contributed by atoms with Gasteiger partial charge in [0, 0.05) is 37.2 Å². The largest absolute Gasteiger partial charge is 0.481 e. The zero-order chi connectivity index (χ0) is 14.5. The van der Waals surface area contributed by atoms with Gasteiger partial charge >= 0.3 is 5.97 Å². The number of carboxylic acids is 1. The summed E-state index contributed by atoms with van der Waals surface area (Å²) in [7, 11) is 1.60. The lowest BCUT2D eigenvalue weighted by atomic mass is 10.1. The van der Waals surface area contributed by atoms with Crippen molar-refractivity contribution < 1.29 is 14.7 Å². The molecule has 0 saturated carbocycles. The number of carbonyl (C=O) groups is 2. The molecular formula is C15H16N2O3. The van der Waals surface area contributed by atoms with Gasteiger partial charge in [-0.1, -0.05) is 6.07 Å². The van der Waals surface area contributed by atoms with Gasteiger partial charge in [-0.15, -0.1) is 0 Å². The average molecular weight is 272 g/mol. The Morgan fingerprint density at radius 2 is 1.90 bits per heavy atom. The lowest BCUT2D eigenvalue weighted by molar-refractivity contribution is -0.137. The quantitative estimate of drug-likeness (QED) is 0.905. The minimum atomic E-state index is -0.911. The van der Waals surface area contributed by atoms with Crippen molar-refractivity contribution in [3.8, 4) is 5.69 Å². The Kier molecular flexibility index (Phi) is 4.20. The molecule has 0 unspecified atom stereocenters. The number of aliphatic carboxylic acids is 1. The third-order valence-corrected chi connectivity index (χ3v) is 3.00. The van der Waals surface area contributed by atoms with Gasteiger partial charge in [-0.2, -0.15) is 0 Å². The van der Waals surface area contributed by atoms with Crippen LogP contribution in [0.1, 0.15) is 16.8 Å². The summed E-state index contributed by atoms with van der Waals surface area (Å²) in [5, 5.41) is 8.64. The van der Waals surface area contributed by atoms with E-state index in [2.05, 4.69) is 0 Å². The van der Waals surface area contributed by atoms with Gasteiger partial charge in [-0.3, -0.25) is 9.59 Å². The van der Waals surface area contributed by atoms with Crippen molar-refractivity contribution in [1.82, 2.24) is 9.47 Å². The van der Waals surface area contributed by atoms with Gasteiger partial charge in [0.15, 0.2) is 0 Å². The first-order chi connectivity index (χ1) is 9.58. The first-order valence-electron chi connectivity index (χ1n) is 6.28. The molecule has 20 heavy (non-hydrogen) atoms. The van der Waals surface area contributed by atoms with Gasteiger partial charge < -0.3 is 14.6 Å². The maximum absolute atomic E-state index is 12.2. The molecular weight excluding hydrogens is 256 g/mol. The summed E-state index contributed by atoms with van der Waals surface area (Å²) in [4.78, 5) is 24.2. The minimum Gasteiger partial charge on any atom is -0.481 e. The summed E-state index contributed by atoms with van der Waals surface area (Å²) in [6.45, 7) is 0.196. The maximum Gasteiger partial charge on any atom is 0.305 e. The molecule has 0 bridgehead atoms. The van der Waals surface area contributed by atoms with Gasteiger partial charge in [-0.05, 0) is 30.3 Å². The Morgan fingerprint density at radius 1 is 1.20 bits per heavy atom. The molecule has 1 N–H and O–H groups in total. The number of carbonyl (C=O) groups excluding carboxylic acids is 1. The van der Waals surface area contributed by atoms with E-state index in [1.807, 2.05) is 41.2 Å². The molecule has 0 aliphatic heterocycles. The first-order valence-corrected chi connectivity index (χ1v) is 6.28. The zero-order valence-corrected chi connectivity index (χ0v) is 11.2. The van der Waals surface area contributed by atoms with E-state index in [-0.39, 0.29) is 18.9 Å². The molecule has 1 aromatic heterocycles. The highest BCUT2D eigenvalue weighted by Gasteiger charge is 2.13. The van der Waals surface area contributed by atoms with Crippen LogP contribution in [-0.2, 0) is 4.79 Å². The molecule has 2 aromatic rings. The highest BCUT2D eigenvalue weighted by molar-refractivity contribution is 5.94. The summed E-state index contributed by atoms with van der Waals surface area (Å²) in [5.74, 6) is -1.09. The molecule has 0 spiro atoms. The van der Waals surface area contributed by atoms with Crippen LogP contribution in [0, 0.1) is 0 Å². The van der Waals surface area contributed by atoms with Crippen LogP contribution in [0.2, 0.25) is 0 Å². The van der Waals surface area contributed by atoms with E-state index in [1.54, 1.807) is 19.2 Å². The number of nitrogens with zero attached hydrogens (tertiary/aromatic N) is 2. The third kappa shape index (κ3) is 3.26. The Hall–Kier alpha value is -2.56. The highest BCUT2D eigenvalue weighted by atomic mass is 16.4. The molecule has 104 valence electrons. The van der Waals surface area contributed by atoms with E-state index in [4.69, 9.17) is 5.11 Å². The van der Waals surface area contributed by atoms with Gasteiger partial charge in [-0.25, -0.2) is 0 Å². The summed E-state index contributed by atoms with van der Waals surface area (Å²) < 4.78 is 1.91. The highest BCUT2D eigenvalue weighted by Crippen LogP contribution is 2.12. The molecule has 0 saturated heterocycles. The summed E-state index contributed by atoms with van der Waals surface area (Å²) in [5.41, 5.74) is 1.44. The lowest BCUT2D eigenvalue weighted by Gasteiger charge is -2.16. The Bertz CT molecular complexity index is 605. The zero-order valence-electron chi connectivity index (χ0n) is 11.2. The smallest absolute Gasteiger partial charge is 0.305 e. The molecule has 0 fully saturated rings. The van der Waals surface area contributed by atoms with Crippen molar-refractivity contribution in [3.63, 3.8) is 0 Å². The monoisotopic (exact) mass is 272 g/mol. The van der Waals surface area contributed by atoms with E-state index in [9.17, 15) is 9.59 Å². The van der Waals surface area contributed by atoms with Crippen LogP contribution in [0.25, 0.3) is 5.69 Å². The lowest BCUT2D eigenvalue weighted by Crippen LogP contribution is -2.29. The van der Waals surface area contributed by atoms with Crippen molar-refractivity contribution >= 4 is 11.9 Å². The molecule has 5 nitrogen and oxygen atoms in total. The van der Waals surface area contributed by atoms with Crippen molar-refractivity contribution in [2.45, 2.75) is 6.42 Å². The first kappa shape index (κ1) is 13.9. The Labute approximate surface area is 117 Å². The number of benzene rings is 1. The van der Waals surface area contributed by atoms with Crippen LogP contribution in [0.5, 0.6) is 0 Å². The molecule has 1 heterocycles. The van der Waals surface area contributed by atoms with Crippen LogP contribution in [-0.4, -0.2) is 40.0 Å². The molecule has 5 heteroatoms. The van der Waals surface area contributed by atoms with Crippen LogP contribution in [0.3, 0.4) is 0 Å². The van der Waals surface area contributed by atoms with E-state index in [1.165, 1.54) is 4.90 Å². The number of aromatic nitrogens is 1. The van der Waals surface area contributed by atoms with E-state index < -0.39 is 5.97 Å². The average Bonchev–Trinajstić information content (AvgIpc) is 2.98. The van der Waals surface area contributed by atoms with Crippen molar-refractivity contribution in [2.24, 2.45) is 0 Å². The van der Waals surface area contributed by atoms with Crippen LogP contribution < -0.4 is 0 Å². The molecule has 2 rings (SSSR count). The van der Waals surface area contributed by atoms with Gasteiger partial charge in [0.25, 0.3) is 5.91 Å². The second-order valence-electron chi connectivity index (χ2n) is 4.51. The summed E-state index contributed by atoms with van der Waals surface area (Å²) in [6, 6.07) is 11.1. The predicted molar refractivity (Wildman–Crippen MR) is 75.0 cm³/mol. The maximum atomic E-state index is 12.2. The van der Waals surface area contributed by atoms with Gasteiger partial charge in [0.05, 0.1) is 6.42 Å². The van der Waals surface area contributed by atoms with Gasteiger partial charge in [0.1, 0.15) is 0 Å². The molecule has 1 amide bonds. The molecule has 0 aliphatic rings. The second kappa shape index (κ2) is 6.06. The number of carboxylic acid groups (broad SMARTS) is 1. The molecule has 1 aromatic carbocycles. The molecule has 0 atom stereocenters. The SMILES string of the molecule is CN(CCC(=O)O)C(=O)c1cccc(-n2cccc2)c1. The van der Waals surface area contributed by atoms with Crippen molar-refractivity contribution in [1.29, 1.82) is 0 Å². The summed E-state index contributed by atoms with van der Waals surface area (Å²) >= 11 is 0. The third-order valence-electron chi connectivity index (χ3n) is 3.00. The fourth-order valence-corrected chi connectivity index (χ4v) is 1.89. The van der Waals surface area contributed by atoms with Crippen LogP contribution in [0.15, 0.2) is 48.8 Å². The standard InChI is InChI=1S/C15H16N2O3/c1-16(10-7-14(18)19)15(20)12-5-4-6-13(11-12)17-8-2-3-9-17/h2-6,8-9,11H,7,10H2,1H3,(H,18,19). The van der Waals surface area contributed by atoms with Crippen molar-refractivity contribution in [2.75, 3.05) is 13.6 Å². The topological polar surface area (TPSA) is 62.5 Å². The van der Waals surface area contributed by atoms with E-state index >= 15 is 0 Å². The predicted octanol–water partition coefficient (Wildman–Crippen LogP) is 2.02. The van der Waals surface area contributed by atoms with Crippen LogP contribution in [0.4, 0.5) is 0 Å². The normalized spacial score (nSPS) is 10.2. The van der Waals surface area contributed by atoms with Crippen molar-refractivity contribution in [3.05, 3.63) is 54.4 Å². The van der Waals surface area contributed by atoms with E-state index in [0.29, 0.717) is 5.56 Å². The molecule has 0 aliphatic carbocycles. The summed E-state index contributed by atoms with van der Waals surface area (Å²) in [6.07, 6.45) is 3.75. The number of amides is 1. The Morgan fingerprint density at radius 3 is 2.55 bits per heavy atom. The fourth-order valence-electron chi connectivity index (χ4n) is 1.89.